The molecule has 2 aromatic carbocycles. The highest BCUT2D eigenvalue weighted by Gasteiger charge is 2.24. The maximum absolute atomic E-state index is 12.9. The number of morpholine rings is 1. The molecule has 0 unspecified atom stereocenters. The lowest BCUT2D eigenvalue weighted by Crippen LogP contribution is -2.36. The Morgan fingerprint density at radius 2 is 1.63 bits per heavy atom. The molecule has 4 rings (SSSR count). The van der Waals surface area contributed by atoms with E-state index < -0.39 is 4.92 Å². The van der Waals surface area contributed by atoms with Crippen molar-refractivity contribution in [2.45, 2.75) is 19.3 Å². The molecule has 2 saturated heterocycles. The minimum Gasteiger partial charge on any atom is -0.378 e. The van der Waals surface area contributed by atoms with Gasteiger partial charge in [0, 0.05) is 37.8 Å². The van der Waals surface area contributed by atoms with E-state index in [-0.39, 0.29) is 17.2 Å². The van der Waals surface area contributed by atoms with Gasteiger partial charge in [-0.3, -0.25) is 14.9 Å². The number of nitro groups is 1. The third kappa shape index (κ3) is 4.38. The standard InChI is InChI=1S/C22H26N4O4/c27-22(23-18-6-2-3-7-19(18)25-12-14-30-15-13-25)17-8-9-20(21(16-17)26(28)29)24-10-4-1-5-11-24/h2-3,6-9,16H,1,4-5,10-15H2,(H,23,27). The van der Waals surface area contributed by atoms with Crippen molar-refractivity contribution in [3.63, 3.8) is 0 Å². The number of amides is 1. The second-order valence-electron chi connectivity index (χ2n) is 7.58. The highest BCUT2D eigenvalue weighted by Crippen LogP contribution is 2.32. The molecular weight excluding hydrogens is 384 g/mol. The van der Waals surface area contributed by atoms with Gasteiger partial charge in [0.15, 0.2) is 0 Å². The summed E-state index contributed by atoms with van der Waals surface area (Å²) < 4.78 is 5.41. The second kappa shape index (κ2) is 9.13. The van der Waals surface area contributed by atoms with E-state index in [0.717, 1.165) is 51.1 Å². The number of hydrogen-bond acceptors (Lipinski definition) is 6. The molecule has 2 aromatic rings. The summed E-state index contributed by atoms with van der Waals surface area (Å²) in [6, 6.07) is 12.4. The molecule has 8 nitrogen and oxygen atoms in total. The van der Waals surface area contributed by atoms with Crippen molar-refractivity contribution in [2.24, 2.45) is 0 Å². The highest BCUT2D eigenvalue weighted by molar-refractivity contribution is 6.06. The van der Waals surface area contributed by atoms with Crippen LogP contribution in [0.15, 0.2) is 42.5 Å². The highest BCUT2D eigenvalue weighted by atomic mass is 16.6. The normalized spacial score (nSPS) is 16.9. The predicted octanol–water partition coefficient (Wildman–Crippen LogP) is 3.67. The molecule has 2 fully saturated rings. The lowest BCUT2D eigenvalue weighted by molar-refractivity contribution is -0.384. The van der Waals surface area contributed by atoms with Gasteiger partial charge in [0.25, 0.3) is 11.6 Å². The number of rotatable bonds is 5. The van der Waals surface area contributed by atoms with Gasteiger partial charge in [-0.1, -0.05) is 12.1 Å². The molecule has 30 heavy (non-hydrogen) atoms. The van der Waals surface area contributed by atoms with Crippen molar-refractivity contribution < 1.29 is 14.5 Å². The van der Waals surface area contributed by atoms with E-state index in [0.29, 0.717) is 24.6 Å². The first-order valence-corrected chi connectivity index (χ1v) is 10.4. The third-order valence-electron chi connectivity index (χ3n) is 5.64. The van der Waals surface area contributed by atoms with E-state index >= 15 is 0 Å². The fourth-order valence-electron chi connectivity index (χ4n) is 4.07. The number of piperidine rings is 1. The van der Waals surface area contributed by atoms with Crippen LogP contribution in [0.3, 0.4) is 0 Å². The van der Waals surface area contributed by atoms with Crippen LogP contribution in [-0.2, 0) is 4.74 Å². The summed E-state index contributed by atoms with van der Waals surface area (Å²) in [5.74, 6) is -0.357. The molecule has 0 aromatic heterocycles. The second-order valence-corrected chi connectivity index (χ2v) is 7.58. The Bertz CT molecular complexity index is 921. The maximum Gasteiger partial charge on any atom is 0.293 e. The molecule has 0 aliphatic carbocycles. The first-order valence-electron chi connectivity index (χ1n) is 10.4. The van der Waals surface area contributed by atoms with Gasteiger partial charge in [-0.15, -0.1) is 0 Å². The van der Waals surface area contributed by atoms with Crippen molar-refractivity contribution in [3.05, 3.63) is 58.1 Å². The van der Waals surface area contributed by atoms with Gasteiger partial charge in [-0.05, 0) is 43.5 Å². The first-order chi connectivity index (χ1) is 14.6. The zero-order chi connectivity index (χ0) is 20.9. The number of nitrogens with zero attached hydrogens (tertiary/aromatic N) is 3. The zero-order valence-corrected chi connectivity index (χ0v) is 16.9. The van der Waals surface area contributed by atoms with Crippen molar-refractivity contribution in [2.75, 3.05) is 54.5 Å². The lowest BCUT2D eigenvalue weighted by Gasteiger charge is -2.30. The fourth-order valence-corrected chi connectivity index (χ4v) is 4.07. The number of ether oxygens (including phenoxy) is 1. The molecule has 0 radical (unpaired) electrons. The molecule has 0 atom stereocenters. The summed E-state index contributed by atoms with van der Waals surface area (Å²) in [4.78, 5) is 28.4. The molecule has 2 aliphatic heterocycles. The SMILES string of the molecule is O=C(Nc1ccccc1N1CCOCC1)c1ccc(N2CCCCC2)c([N+](=O)[O-])c1. The van der Waals surface area contributed by atoms with Crippen LogP contribution in [0.5, 0.6) is 0 Å². The Labute approximate surface area is 175 Å². The number of anilines is 3. The van der Waals surface area contributed by atoms with Crippen LogP contribution in [0, 0.1) is 10.1 Å². The van der Waals surface area contributed by atoms with Crippen LogP contribution >= 0.6 is 0 Å². The number of para-hydroxylation sites is 2. The molecule has 158 valence electrons. The van der Waals surface area contributed by atoms with Crippen molar-refractivity contribution in [3.8, 4) is 0 Å². The van der Waals surface area contributed by atoms with Gasteiger partial charge in [0.05, 0.1) is 29.5 Å². The van der Waals surface area contributed by atoms with E-state index in [9.17, 15) is 14.9 Å². The Morgan fingerprint density at radius 1 is 0.933 bits per heavy atom. The van der Waals surface area contributed by atoms with Crippen LogP contribution < -0.4 is 15.1 Å². The molecular formula is C22H26N4O4. The van der Waals surface area contributed by atoms with Crippen LogP contribution in [-0.4, -0.2) is 50.2 Å². The van der Waals surface area contributed by atoms with E-state index in [1.54, 1.807) is 12.1 Å². The van der Waals surface area contributed by atoms with Crippen LogP contribution in [0.1, 0.15) is 29.6 Å². The topological polar surface area (TPSA) is 88.0 Å². The Balaban J connectivity index is 1.57. The number of nitro benzene ring substituents is 1. The average molecular weight is 410 g/mol. The smallest absolute Gasteiger partial charge is 0.293 e. The van der Waals surface area contributed by atoms with Gasteiger partial charge in [0.1, 0.15) is 5.69 Å². The molecule has 8 heteroatoms. The summed E-state index contributed by atoms with van der Waals surface area (Å²) in [5, 5.41) is 14.6. The Morgan fingerprint density at radius 3 is 2.37 bits per heavy atom. The Kier molecular flexibility index (Phi) is 6.13. The van der Waals surface area contributed by atoms with Crippen molar-refractivity contribution >= 4 is 28.7 Å². The largest absolute Gasteiger partial charge is 0.378 e. The minimum atomic E-state index is -0.400. The molecule has 0 spiro atoms. The van der Waals surface area contributed by atoms with E-state index in [1.165, 1.54) is 6.07 Å². The van der Waals surface area contributed by atoms with Gasteiger partial charge >= 0.3 is 0 Å². The zero-order valence-electron chi connectivity index (χ0n) is 16.9. The predicted molar refractivity (Wildman–Crippen MR) is 117 cm³/mol. The van der Waals surface area contributed by atoms with E-state index in [2.05, 4.69) is 10.2 Å². The van der Waals surface area contributed by atoms with Gasteiger partial charge in [0.2, 0.25) is 0 Å². The van der Waals surface area contributed by atoms with Gasteiger partial charge in [-0.2, -0.15) is 0 Å². The minimum absolute atomic E-state index is 0.0222. The maximum atomic E-state index is 12.9. The monoisotopic (exact) mass is 410 g/mol. The Hall–Kier alpha value is -3.13. The fraction of sp³-hybridized carbons (Fsp3) is 0.409. The average Bonchev–Trinajstić information content (AvgIpc) is 2.80. The first kappa shape index (κ1) is 20.2. The summed E-state index contributed by atoms with van der Waals surface area (Å²) in [5.41, 5.74) is 2.45. The molecule has 1 N–H and O–H groups in total. The quantitative estimate of drug-likeness (QED) is 0.598. The molecule has 0 saturated carbocycles. The number of carbonyl (C=O) groups is 1. The lowest BCUT2D eigenvalue weighted by atomic mass is 10.1. The summed E-state index contributed by atoms with van der Waals surface area (Å²) in [6.45, 7) is 4.41. The summed E-state index contributed by atoms with van der Waals surface area (Å²) in [7, 11) is 0. The van der Waals surface area contributed by atoms with Crippen LogP contribution in [0.25, 0.3) is 0 Å². The van der Waals surface area contributed by atoms with E-state index in [1.807, 2.05) is 29.2 Å². The number of benzene rings is 2. The summed E-state index contributed by atoms with van der Waals surface area (Å²) in [6.07, 6.45) is 3.20. The number of hydrogen-bond donors (Lipinski definition) is 1. The van der Waals surface area contributed by atoms with Crippen molar-refractivity contribution in [1.82, 2.24) is 0 Å². The van der Waals surface area contributed by atoms with E-state index in [4.69, 9.17) is 4.74 Å². The molecule has 1 amide bonds. The van der Waals surface area contributed by atoms with Gasteiger partial charge < -0.3 is 19.9 Å². The number of carbonyl (C=O) groups excluding carboxylic acids is 1. The summed E-state index contributed by atoms with van der Waals surface area (Å²) >= 11 is 0. The van der Waals surface area contributed by atoms with Crippen LogP contribution in [0.2, 0.25) is 0 Å². The van der Waals surface area contributed by atoms with Crippen molar-refractivity contribution in [1.29, 1.82) is 0 Å². The third-order valence-corrected chi connectivity index (χ3v) is 5.64. The number of nitrogens with one attached hydrogen (secondary N) is 1. The van der Waals surface area contributed by atoms with Gasteiger partial charge in [-0.25, -0.2) is 0 Å². The molecule has 2 heterocycles. The molecule has 2 aliphatic rings. The van der Waals surface area contributed by atoms with Crippen LogP contribution in [0.4, 0.5) is 22.7 Å². The molecule has 0 bridgehead atoms.